The van der Waals surface area contributed by atoms with Crippen molar-refractivity contribution in [3.63, 3.8) is 0 Å². The van der Waals surface area contributed by atoms with Gasteiger partial charge in [0.2, 0.25) is 5.95 Å². The zero-order valence-corrected chi connectivity index (χ0v) is 5.86. The molecule has 0 atom stereocenters. The zero-order valence-electron chi connectivity index (χ0n) is 5.04. The standard InChI is InChI=1S/C6H5FN2S/c7-5-3-1-2-4(9-5)6(8)10/h1-3H,(H2,8,10). The number of aromatic nitrogens is 1. The van der Waals surface area contributed by atoms with E-state index in [4.69, 9.17) is 5.73 Å². The number of hydrogen-bond acceptors (Lipinski definition) is 2. The van der Waals surface area contributed by atoms with Crippen LogP contribution < -0.4 is 5.73 Å². The van der Waals surface area contributed by atoms with Gasteiger partial charge in [0.05, 0.1) is 0 Å². The Kier molecular flexibility index (Phi) is 1.91. The fourth-order valence-corrected chi connectivity index (χ4v) is 0.659. The van der Waals surface area contributed by atoms with Crippen LogP contribution in [0.1, 0.15) is 5.69 Å². The summed E-state index contributed by atoms with van der Waals surface area (Å²) in [5.41, 5.74) is 5.50. The van der Waals surface area contributed by atoms with Crippen LogP contribution in [0.3, 0.4) is 0 Å². The summed E-state index contributed by atoms with van der Waals surface area (Å²) in [6.45, 7) is 0. The van der Waals surface area contributed by atoms with Crippen LogP contribution >= 0.6 is 12.2 Å². The molecule has 52 valence electrons. The third kappa shape index (κ3) is 1.48. The van der Waals surface area contributed by atoms with E-state index in [0.29, 0.717) is 5.69 Å². The van der Waals surface area contributed by atoms with E-state index in [-0.39, 0.29) is 4.99 Å². The van der Waals surface area contributed by atoms with Gasteiger partial charge in [0.15, 0.2) is 0 Å². The lowest BCUT2D eigenvalue weighted by Crippen LogP contribution is -2.11. The largest absolute Gasteiger partial charge is 0.388 e. The Morgan fingerprint density at radius 3 is 2.70 bits per heavy atom. The molecule has 4 heteroatoms. The van der Waals surface area contributed by atoms with E-state index in [9.17, 15) is 4.39 Å². The average molecular weight is 156 g/mol. The summed E-state index contributed by atoms with van der Waals surface area (Å²) >= 11 is 4.57. The van der Waals surface area contributed by atoms with E-state index in [0.717, 1.165) is 0 Å². The molecule has 0 bridgehead atoms. The molecule has 0 aliphatic carbocycles. The number of halogens is 1. The van der Waals surface area contributed by atoms with Crippen LogP contribution in [0.15, 0.2) is 18.2 Å². The summed E-state index contributed by atoms with van der Waals surface area (Å²) < 4.78 is 12.3. The van der Waals surface area contributed by atoms with E-state index >= 15 is 0 Å². The monoisotopic (exact) mass is 156 g/mol. The third-order valence-corrected chi connectivity index (χ3v) is 1.18. The van der Waals surface area contributed by atoms with Gasteiger partial charge < -0.3 is 5.73 Å². The highest BCUT2D eigenvalue weighted by Crippen LogP contribution is 1.96. The highest BCUT2D eigenvalue weighted by molar-refractivity contribution is 7.80. The molecule has 0 saturated heterocycles. The third-order valence-electron chi connectivity index (χ3n) is 0.968. The van der Waals surface area contributed by atoms with Crippen molar-refractivity contribution < 1.29 is 4.39 Å². The lowest BCUT2D eigenvalue weighted by molar-refractivity contribution is 0.583. The van der Waals surface area contributed by atoms with Crippen molar-refractivity contribution in [2.75, 3.05) is 0 Å². The highest BCUT2D eigenvalue weighted by atomic mass is 32.1. The van der Waals surface area contributed by atoms with E-state index in [1.54, 1.807) is 6.07 Å². The Morgan fingerprint density at radius 1 is 1.60 bits per heavy atom. The number of hydrogen-bond donors (Lipinski definition) is 1. The van der Waals surface area contributed by atoms with Gasteiger partial charge in [-0.3, -0.25) is 0 Å². The van der Waals surface area contributed by atoms with Gasteiger partial charge in [0, 0.05) is 0 Å². The normalized spacial score (nSPS) is 9.30. The van der Waals surface area contributed by atoms with Crippen LogP contribution in [0.2, 0.25) is 0 Å². The quantitative estimate of drug-likeness (QED) is 0.484. The van der Waals surface area contributed by atoms with Crippen molar-refractivity contribution in [3.8, 4) is 0 Å². The zero-order chi connectivity index (χ0) is 7.56. The minimum absolute atomic E-state index is 0.111. The number of thiocarbonyl (C=S) groups is 1. The second kappa shape index (κ2) is 2.70. The molecule has 1 aromatic heterocycles. The SMILES string of the molecule is NC(=S)c1cccc(F)n1. The van der Waals surface area contributed by atoms with Gasteiger partial charge in [0.25, 0.3) is 0 Å². The second-order valence-electron chi connectivity index (χ2n) is 1.71. The van der Waals surface area contributed by atoms with Crippen LogP contribution in [0.25, 0.3) is 0 Å². The number of nitrogens with two attached hydrogens (primary N) is 1. The molecule has 0 fully saturated rings. The first-order valence-electron chi connectivity index (χ1n) is 2.62. The van der Waals surface area contributed by atoms with E-state index < -0.39 is 5.95 Å². The Morgan fingerprint density at radius 2 is 2.30 bits per heavy atom. The number of pyridine rings is 1. The maximum Gasteiger partial charge on any atom is 0.213 e. The first-order valence-corrected chi connectivity index (χ1v) is 3.03. The van der Waals surface area contributed by atoms with Crippen LogP contribution in [0, 0.1) is 5.95 Å². The molecule has 2 nitrogen and oxygen atoms in total. The summed E-state index contributed by atoms with van der Waals surface area (Å²) in [6, 6.07) is 4.31. The lowest BCUT2D eigenvalue weighted by Gasteiger charge is -1.94. The number of nitrogens with zero attached hydrogens (tertiary/aromatic N) is 1. The van der Waals surface area contributed by atoms with Crippen molar-refractivity contribution in [1.29, 1.82) is 0 Å². The van der Waals surface area contributed by atoms with Crippen molar-refractivity contribution in [2.24, 2.45) is 5.73 Å². The molecule has 0 radical (unpaired) electrons. The molecule has 10 heavy (non-hydrogen) atoms. The van der Waals surface area contributed by atoms with Gasteiger partial charge in [-0.1, -0.05) is 18.3 Å². The van der Waals surface area contributed by atoms with Gasteiger partial charge >= 0.3 is 0 Å². The van der Waals surface area contributed by atoms with Crippen LogP contribution in [-0.4, -0.2) is 9.97 Å². The minimum atomic E-state index is -0.565. The molecule has 1 heterocycles. The summed E-state index contributed by atoms with van der Waals surface area (Å²) in [5.74, 6) is -0.565. The van der Waals surface area contributed by atoms with Gasteiger partial charge in [0.1, 0.15) is 10.7 Å². The predicted molar refractivity (Wildman–Crippen MR) is 40.1 cm³/mol. The fourth-order valence-electron chi connectivity index (χ4n) is 0.545. The van der Waals surface area contributed by atoms with Gasteiger partial charge in [-0.15, -0.1) is 0 Å². The lowest BCUT2D eigenvalue weighted by atomic mass is 10.3. The molecule has 0 spiro atoms. The molecule has 0 aliphatic rings. The summed E-state index contributed by atoms with van der Waals surface area (Å²) in [7, 11) is 0. The van der Waals surface area contributed by atoms with E-state index in [1.165, 1.54) is 12.1 Å². The maximum atomic E-state index is 12.3. The van der Waals surface area contributed by atoms with Gasteiger partial charge in [-0.2, -0.15) is 4.39 Å². The van der Waals surface area contributed by atoms with Crippen molar-refractivity contribution in [1.82, 2.24) is 4.98 Å². The highest BCUT2D eigenvalue weighted by Gasteiger charge is 1.97. The van der Waals surface area contributed by atoms with Crippen LogP contribution in [0.5, 0.6) is 0 Å². The maximum absolute atomic E-state index is 12.3. The Bertz CT molecular complexity index is 262. The summed E-state index contributed by atoms with van der Waals surface area (Å²) in [6.07, 6.45) is 0. The molecule has 1 aromatic rings. The average Bonchev–Trinajstić information content (AvgIpc) is 1.88. The second-order valence-corrected chi connectivity index (χ2v) is 2.15. The Labute approximate surface area is 62.9 Å². The molecule has 0 saturated carbocycles. The van der Waals surface area contributed by atoms with E-state index in [2.05, 4.69) is 17.2 Å². The van der Waals surface area contributed by atoms with Crippen LogP contribution in [0.4, 0.5) is 4.39 Å². The van der Waals surface area contributed by atoms with E-state index in [1.807, 2.05) is 0 Å². The smallest absolute Gasteiger partial charge is 0.213 e. The Balaban J connectivity index is 3.07. The molecule has 0 aromatic carbocycles. The molecule has 1 rings (SSSR count). The van der Waals surface area contributed by atoms with Gasteiger partial charge in [-0.25, -0.2) is 4.98 Å². The van der Waals surface area contributed by atoms with Crippen molar-refractivity contribution in [2.45, 2.75) is 0 Å². The minimum Gasteiger partial charge on any atom is -0.388 e. The van der Waals surface area contributed by atoms with Crippen LogP contribution in [-0.2, 0) is 0 Å². The Hall–Kier alpha value is -1.03. The topological polar surface area (TPSA) is 38.9 Å². The van der Waals surface area contributed by atoms with Gasteiger partial charge in [-0.05, 0) is 12.1 Å². The first-order chi connectivity index (χ1) is 4.70. The molecular formula is C6H5FN2S. The van der Waals surface area contributed by atoms with Crippen molar-refractivity contribution in [3.05, 3.63) is 29.8 Å². The summed E-state index contributed by atoms with van der Waals surface area (Å²) in [4.78, 5) is 3.55. The molecule has 2 N–H and O–H groups in total. The molecule has 0 amide bonds. The molecular weight excluding hydrogens is 151 g/mol. The summed E-state index contributed by atoms with van der Waals surface area (Å²) in [5, 5.41) is 0. The predicted octanol–water partition coefficient (Wildman–Crippen LogP) is 0.855. The molecule has 0 aliphatic heterocycles. The number of rotatable bonds is 1. The molecule has 0 unspecified atom stereocenters. The first kappa shape index (κ1) is 7.08. The fraction of sp³-hybridized carbons (Fsp3) is 0. The van der Waals surface area contributed by atoms with Crippen molar-refractivity contribution >= 4 is 17.2 Å².